The predicted molar refractivity (Wildman–Crippen MR) is 89.3 cm³/mol. The zero-order chi connectivity index (χ0) is 16.4. The number of carbonyl (C=O) groups excluding carboxylic acids is 1. The van der Waals surface area contributed by atoms with Crippen LogP contribution >= 0.6 is 0 Å². The van der Waals surface area contributed by atoms with Crippen LogP contribution < -0.4 is 0 Å². The lowest BCUT2D eigenvalue weighted by molar-refractivity contribution is -0.130. The van der Waals surface area contributed by atoms with E-state index in [1.807, 2.05) is 36.1 Å². The lowest BCUT2D eigenvalue weighted by Gasteiger charge is -2.36. The Bertz CT molecular complexity index is 670. The second-order valence-electron chi connectivity index (χ2n) is 6.59. The van der Waals surface area contributed by atoms with Gasteiger partial charge in [-0.15, -0.1) is 0 Å². The van der Waals surface area contributed by atoms with Crippen molar-refractivity contribution >= 4 is 15.9 Å². The van der Waals surface area contributed by atoms with Crippen LogP contribution in [0.15, 0.2) is 24.3 Å². The van der Waals surface area contributed by atoms with Gasteiger partial charge in [-0.1, -0.05) is 29.8 Å². The SMILES string of the molecule is Cc1ccc(CS(=O)(=O)N2CCC[C@@H](N3CCCC3=O)C2)cc1. The molecular formula is C17H24N2O3S. The molecule has 0 aromatic heterocycles. The van der Waals surface area contributed by atoms with Gasteiger partial charge in [0.25, 0.3) is 0 Å². The molecule has 0 bridgehead atoms. The van der Waals surface area contributed by atoms with E-state index in [2.05, 4.69) is 0 Å². The number of carbonyl (C=O) groups is 1. The van der Waals surface area contributed by atoms with Crippen LogP contribution in [0.4, 0.5) is 0 Å². The highest BCUT2D eigenvalue weighted by atomic mass is 32.2. The van der Waals surface area contributed by atoms with Gasteiger partial charge in [-0.25, -0.2) is 8.42 Å². The molecule has 2 aliphatic rings. The maximum Gasteiger partial charge on any atom is 0.222 e. The standard InChI is InChI=1S/C17H24N2O3S/c1-14-6-8-15(9-7-14)13-23(21,22)18-10-2-4-16(12-18)19-11-3-5-17(19)20/h6-9,16H,2-5,10-13H2,1H3/t16-/m1/s1. The van der Waals surface area contributed by atoms with Gasteiger partial charge in [0, 0.05) is 32.1 Å². The van der Waals surface area contributed by atoms with Crippen LogP contribution in [0.3, 0.4) is 0 Å². The zero-order valence-electron chi connectivity index (χ0n) is 13.6. The van der Waals surface area contributed by atoms with E-state index >= 15 is 0 Å². The van der Waals surface area contributed by atoms with E-state index in [0.717, 1.165) is 36.9 Å². The van der Waals surface area contributed by atoms with E-state index in [-0.39, 0.29) is 17.7 Å². The van der Waals surface area contributed by atoms with Gasteiger partial charge in [0.2, 0.25) is 15.9 Å². The minimum atomic E-state index is -3.33. The van der Waals surface area contributed by atoms with Crippen LogP contribution in [0.25, 0.3) is 0 Å². The molecule has 2 fully saturated rings. The third kappa shape index (κ3) is 3.75. The molecule has 0 saturated carbocycles. The molecule has 0 spiro atoms. The van der Waals surface area contributed by atoms with Gasteiger partial charge in [-0.05, 0) is 31.7 Å². The number of likely N-dealkylation sites (tertiary alicyclic amines) is 1. The molecule has 5 nitrogen and oxygen atoms in total. The molecule has 23 heavy (non-hydrogen) atoms. The summed E-state index contributed by atoms with van der Waals surface area (Å²) < 4.78 is 27.0. The molecule has 3 rings (SSSR count). The third-order valence-electron chi connectivity index (χ3n) is 4.77. The first-order chi connectivity index (χ1) is 11.0. The summed E-state index contributed by atoms with van der Waals surface area (Å²) in [5, 5.41) is 0. The van der Waals surface area contributed by atoms with Crippen molar-refractivity contribution in [2.75, 3.05) is 19.6 Å². The van der Waals surface area contributed by atoms with Crippen LogP contribution in [-0.2, 0) is 20.6 Å². The highest BCUT2D eigenvalue weighted by Crippen LogP contribution is 2.24. The monoisotopic (exact) mass is 336 g/mol. The van der Waals surface area contributed by atoms with Crippen LogP contribution in [0.5, 0.6) is 0 Å². The van der Waals surface area contributed by atoms with Crippen LogP contribution in [0, 0.1) is 6.92 Å². The summed E-state index contributed by atoms with van der Waals surface area (Å²) >= 11 is 0. The highest BCUT2D eigenvalue weighted by molar-refractivity contribution is 7.88. The van der Waals surface area contributed by atoms with Gasteiger partial charge in [-0.2, -0.15) is 4.31 Å². The molecule has 1 aromatic carbocycles. The molecule has 0 radical (unpaired) electrons. The molecule has 1 amide bonds. The fraction of sp³-hybridized carbons (Fsp3) is 0.588. The summed E-state index contributed by atoms with van der Waals surface area (Å²) in [5.74, 6) is 0.210. The molecule has 6 heteroatoms. The fourth-order valence-corrected chi connectivity index (χ4v) is 5.07. The normalized spacial score (nSPS) is 23.4. The van der Waals surface area contributed by atoms with Crippen LogP contribution in [0.2, 0.25) is 0 Å². The Hall–Kier alpha value is -1.40. The van der Waals surface area contributed by atoms with E-state index in [0.29, 0.717) is 19.5 Å². The number of aryl methyl sites for hydroxylation is 1. The Morgan fingerprint density at radius 3 is 2.52 bits per heavy atom. The second-order valence-corrected chi connectivity index (χ2v) is 8.56. The first kappa shape index (κ1) is 16.5. The van der Waals surface area contributed by atoms with Gasteiger partial charge in [-0.3, -0.25) is 4.79 Å². The number of nitrogens with zero attached hydrogens (tertiary/aromatic N) is 2. The number of rotatable bonds is 4. The second kappa shape index (κ2) is 6.61. The van der Waals surface area contributed by atoms with Gasteiger partial charge < -0.3 is 4.90 Å². The average Bonchev–Trinajstić information content (AvgIpc) is 2.96. The van der Waals surface area contributed by atoms with Crippen LogP contribution in [-0.4, -0.2) is 49.2 Å². The predicted octanol–water partition coefficient (Wildman–Crippen LogP) is 1.91. The molecule has 126 valence electrons. The van der Waals surface area contributed by atoms with E-state index in [9.17, 15) is 13.2 Å². The van der Waals surface area contributed by atoms with E-state index < -0.39 is 10.0 Å². The highest BCUT2D eigenvalue weighted by Gasteiger charge is 2.35. The lowest BCUT2D eigenvalue weighted by Crippen LogP contribution is -2.50. The summed E-state index contributed by atoms with van der Waals surface area (Å²) in [6.45, 7) is 3.77. The summed E-state index contributed by atoms with van der Waals surface area (Å²) in [4.78, 5) is 13.8. The molecule has 0 N–H and O–H groups in total. The lowest BCUT2D eigenvalue weighted by atomic mass is 10.1. The van der Waals surface area contributed by atoms with Gasteiger partial charge in [0.05, 0.1) is 5.75 Å². The van der Waals surface area contributed by atoms with Crippen molar-refractivity contribution in [1.82, 2.24) is 9.21 Å². The van der Waals surface area contributed by atoms with Crippen LogP contribution in [0.1, 0.15) is 36.8 Å². The van der Waals surface area contributed by atoms with E-state index in [4.69, 9.17) is 0 Å². The van der Waals surface area contributed by atoms with Crippen molar-refractivity contribution in [1.29, 1.82) is 0 Å². The Kier molecular flexibility index (Phi) is 4.73. The maximum absolute atomic E-state index is 12.7. The van der Waals surface area contributed by atoms with Crippen molar-refractivity contribution < 1.29 is 13.2 Å². The third-order valence-corrected chi connectivity index (χ3v) is 6.59. The largest absolute Gasteiger partial charge is 0.338 e. The summed E-state index contributed by atoms with van der Waals surface area (Å²) in [5.41, 5.74) is 1.94. The summed E-state index contributed by atoms with van der Waals surface area (Å²) in [7, 11) is -3.33. The molecule has 0 unspecified atom stereocenters. The van der Waals surface area contributed by atoms with Gasteiger partial charge >= 0.3 is 0 Å². The molecular weight excluding hydrogens is 312 g/mol. The Morgan fingerprint density at radius 2 is 1.87 bits per heavy atom. The Morgan fingerprint density at radius 1 is 1.13 bits per heavy atom. The number of amides is 1. The number of piperidine rings is 1. The molecule has 2 heterocycles. The fourth-order valence-electron chi connectivity index (χ4n) is 3.47. The Balaban J connectivity index is 1.69. The van der Waals surface area contributed by atoms with Gasteiger partial charge in [0.1, 0.15) is 0 Å². The van der Waals surface area contributed by atoms with Crippen molar-refractivity contribution in [3.63, 3.8) is 0 Å². The summed E-state index contributed by atoms with van der Waals surface area (Å²) in [6.07, 6.45) is 3.22. The number of hydrogen-bond acceptors (Lipinski definition) is 3. The first-order valence-corrected chi connectivity index (χ1v) is 9.89. The van der Waals surface area contributed by atoms with Gasteiger partial charge in [0.15, 0.2) is 0 Å². The first-order valence-electron chi connectivity index (χ1n) is 8.28. The topological polar surface area (TPSA) is 57.7 Å². The number of benzene rings is 1. The zero-order valence-corrected chi connectivity index (χ0v) is 14.4. The Labute approximate surface area is 138 Å². The minimum absolute atomic E-state index is 0.0357. The number of sulfonamides is 1. The summed E-state index contributed by atoms with van der Waals surface area (Å²) in [6, 6.07) is 7.67. The molecule has 1 atom stereocenters. The van der Waals surface area contributed by atoms with Crippen molar-refractivity contribution in [3.8, 4) is 0 Å². The molecule has 0 aliphatic carbocycles. The smallest absolute Gasteiger partial charge is 0.222 e. The molecule has 1 aromatic rings. The average molecular weight is 336 g/mol. The minimum Gasteiger partial charge on any atom is -0.338 e. The van der Waals surface area contributed by atoms with E-state index in [1.54, 1.807) is 4.31 Å². The van der Waals surface area contributed by atoms with Crippen molar-refractivity contribution in [2.24, 2.45) is 0 Å². The van der Waals surface area contributed by atoms with Crippen molar-refractivity contribution in [2.45, 2.75) is 44.4 Å². The van der Waals surface area contributed by atoms with Crippen molar-refractivity contribution in [3.05, 3.63) is 35.4 Å². The van der Waals surface area contributed by atoms with E-state index in [1.165, 1.54) is 0 Å². The number of hydrogen-bond donors (Lipinski definition) is 0. The maximum atomic E-state index is 12.7. The molecule has 2 aliphatic heterocycles. The molecule has 2 saturated heterocycles. The quantitative estimate of drug-likeness (QED) is 0.844.